The minimum Gasteiger partial charge on any atom is -0.142 e. The topological polar surface area (TPSA) is 0 Å². The first-order valence-electron chi connectivity index (χ1n) is 7.29. The minimum absolute atomic E-state index is 1.41. The Labute approximate surface area is 161 Å². The van der Waals surface area contributed by atoms with Gasteiger partial charge in [0.1, 0.15) is 0 Å². The highest BCUT2D eigenvalue weighted by Crippen LogP contribution is 2.49. The molecule has 24 heavy (non-hydrogen) atoms. The predicted molar refractivity (Wildman–Crippen MR) is 117 cm³/mol. The Bertz CT molecular complexity index is 1210. The van der Waals surface area contributed by atoms with Gasteiger partial charge in [0.15, 0.2) is 0 Å². The average Bonchev–Trinajstić information content (AvgIpc) is 3.36. The molecule has 0 nitrogen and oxygen atoms in total. The zero-order valence-electron chi connectivity index (χ0n) is 12.1. The fourth-order valence-electron chi connectivity index (χ4n) is 3.09. The molecule has 0 bridgehead atoms. The Kier molecular flexibility index (Phi) is 3.09. The van der Waals surface area contributed by atoms with Crippen molar-refractivity contribution in [1.29, 1.82) is 0 Å². The summed E-state index contributed by atoms with van der Waals surface area (Å²) in [6, 6.07) is 4.47. The van der Waals surface area contributed by atoms with Crippen LogP contribution in [0.5, 0.6) is 0 Å². The molecule has 0 aliphatic heterocycles. The van der Waals surface area contributed by atoms with Gasteiger partial charge in [-0.15, -0.1) is 68.0 Å². The molecule has 0 aliphatic carbocycles. The van der Waals surface area contributed by atoms with Crippen molar-refractivity contribution in [2.24, 2.45) is 0 Å². The van der Waals surface area contributed by atoms with Gasteiger partial charge >= 0.3 is 0 Å². The zero-order chi connectivity index (χ0) is 15.7. The Hall–Kier alpha value is -1.02. The molecule has 6 aromatic heterocycles. The smallest absolute Gasteiger partial charge is 0.0536 e. The van der Waals surface area contributed by atoms with Crippen molar-refractivity contribution in [2.45, 2.75) is 0 Å². The Balaban J connectivity index is 1.61. The van der Waals surface area contributed by atoms with E-state index in [4.69, 9.17) is 0 Å². The molecule has 0 aliphatic rings. The van der Waals surface area contributed by atoms with Crippen molar-refractivity contribution < 1.29 is 0 Å². The van der Waals surface area contributed by atoms with Crippen LogP contribution in [0, 0.1) is 0 Å². The molecule has 6 rings (SSSR count). The third-order valence-corrected chi connectivity index (χ3v) is 10.4. The lowest BCUT2D eigenvalue weighted by molar-refractivity contribution is 2.00. The van der Waals surface area contributed by atoms with Gasteiger partial charge in [0, 0.05) is 53.2 Å². The number of thiophene rings is 6. The van der Waals surface area contributed by atoms with Gasteiger partial charge in [-0.25, -0.2) is 0 Å². The largest absolute Gasteiger partial charge is 0.142 e. The standard InChI is InChI=1S/C18H8S6/c1-3-19-15-9(5-21-13(1)15)11-7-23-18-12(8-24-17(11)18)10-6-22-14-2-4-20-16(10)14/h1-8H. The quantitative estimate of drug-likeness (QED) is 0.264. The Morgan fingerprint density at radius 1 is 0.417 bits per heavy atom. The van der Waals surface area contributed by atoms with Crippen molar-refractivity contribution in [3.05, 3.63) is 44.4 Å². The summed E-state index contributed by atoms with van der Waals surface area (Å²) < 4.78 is 8.57. The van der Waals surface area contributed by atoms with Crippen LogP contribution in [0.1, 0.15) is 0 Å². The minimum atomic E-state index is 1.41. The first-order chi connectivity index (χ1) is 11.9. The van der Waals surface area contributed by atoms with Crippen LogP contribution in [0.2, 0.25) is 0 Å². The summed E-state index contributed by atoms with van der Waals surface area (Å²) >= 11 is 11.2. The number of fused-ring (bicyclic) bond motifs is 3. The van der Waals surface area contributed by atoms with Crippen LogP contribution in [-0.2, 0) is 0 Å². The van der Waals surface area contributed by atoms with Gasteiger partial charge in [-0.1, -0.05) is 0 Å². The van der Waals surface area contributed by atoms with Gasteiger partial charge in [0.2, 0.25) is 0 Å². The third kappa shape index (κ3) is 1.87. The van der Waals surface area contributed by atoms with E-state index < -0.39 is 0 Å². The maximum absolute atomic E-state index is 2.35. The Morgan fingerprint density at radius 3 is 1.33 bits per heavy atom. The molecular formula is C18H8S6. The molecule has 0 fully saturated rings. The lowest BCUT2D eigenvalue weighted by atomic mass is 10.1. The van der Waals surface area contributed by atoms with Gasteiger partial charge in [-0.2, -0.15) is 0 Å². The zero-order valence-corrected chi connectivity index (χ0v) is 17.0. The molecule has 116 valence electrons. The van der Waals surface area contributed by atoms with Gasteiger partial charge in [0.05, 0.1) is 18.8 Å². The lowest BCUT2D eigenvalue weighted by Crippen LogP contribution is -1.67. The number of hydrogen-bond acceptors (Lipinski definition) is 6. The summed E-state index contributed by atoms with van der Waals surface area (Å²) in [4.78, 5) is 0. The highest BCUT2D eigenvalue weighted by atomic mass is 32.1. The average molecular weight is 417 g/mol. The molecule has 0 spiro atoms. The molecule has 6 heterocycles. The van der Waals surface area contributed by atoms with Gasteiger partial charge in [-0.05, 0) is 22.9 Å². The van der Waals surface area contributed by atoms with Crippen LogP contribution in [0.15, 0.2) is 44.4 Å². The molecule has 0 saturated heterocycles. The van der Waals surface area contributed by atoms with E-state index in [9.17, 15) is 0 Å². The summed E-state index contributed by atoms with van der Waals surface area (Å²) in [6.45, 7) is 0. The van der Waals surface area contributed by atoms with Crippen LogP contribution in [0.3, 0.4) is 0 Å². The number of hydrogen-bond donors (Lipinski definition) is 0. The van der Waals surface area contributed by atoms with Crippen LogP contribution >= 0.6 is 68.0 Å². The van der Waals surface area contributed by atoms with E-state index in [1.54, 1.807) is 0 Å². The van der Waals surface area contributed by atoms with Crippen LogP contribution < -0.4 is 0 Å². The number of rotatable bonds is 2. The van der Waals surface area contributed by atoms with E-state index in [0.717, 1.165) is 0 Å². The maximum atomic E-state index is 2.35. The first-order valence-corrected chi connectivity index (χ1v) is 12.6. The molecule has 0 atom stereocenters. The van der Waals surface area contributed by atoms with Crippen LogP contribution in [-0.4, -0.2) is 0 Å². The van der Waals surface area contributed by atoms with E-state index in [1.165, 1.54) is 50.5 Å². The second kappa shape index (κ2) is 5.24. The van der Waals surface area contributed by atoms with E-state index in [1.807, 2.05) is 68.0 Å². The second-order valence-corrected chi connectivity index (χ2v) is 10.9. The normalized spacial score (nSPS) is 12.2. The first kappa shape index (κ1) is 14.2. The summed E-state index contributed by atoms with van der Waals surface area (Å²) in [5.74, 6) is 0. The fourth-order valence-corrected chi connectivity index (χ4v) is 9.76. The van der Waals surface area contributed by atoms with E-state index in [2.05, 4.69) is 44.4 Å². The second-order valence-electron chi connectivity index (χ2n) is 5.48. The van der Waals surface area contributed by atoms with Crippen molar-refractivity contribution in [3.63, 3.8) is 0 Å². The van der Waals surface area contributed by atoms with E-state index in [-0.39, 0.29) is 0 Å². The van der Waals surface area contributed by atoms with Crippen LogP contribution in [0.4, 0.5) is 0 Å². The van der Waals surface area contributed by atoms with Crippen molar-refractivity contribution in [1.82, 2.24) is 0 Å². The molecular weight excluding hydrogens is 409 g/mol. The molecule has 0 N–H and O–H groups in total. The summed E-state index contributed by atoms with van der Waals surface area (Å²) in [5.41, 5.74) is 5.66. The van der Waals surface area contributed by atoms with Gasteiger partial charge in [0.25, 0.3) is 0 Å². The Morgan fingerprint density at radius 2 is 0.833 bits per heavy atom. The fraction of sp³-hybridized carbons (Fsp3) is 0. The van der Waals surface area contributed by atoms with Gasteiger partial charge < -0.3 is 0 Å². The highest BCUT2D eigenvalue weighted by molar-refractivity contribution is 7.30. The SMILES string of the molecule is c1cc2scc(-c3csc4c(-c5csc6ccsc56)csc34)c2s1. The van der Waals surface area contributed by atoms with Crippen molar-refractivity contribution in [3.8, 4) is 22.3 Å². The van der Waals surface area contributed by atoms with E-state index >= 15 is 0 Å². The maximum Gasteiger partial charge on any atom is 0.0536 e. The summed E-state index contributed by atoms with van der Waals surface area (Å²) in [6.07, 6.45) is 0. The monoisotopic (exact) mass is 416 g/mol. The molecule has 0 aromatic carbocycles. The van der Waals surface area contributed by atoms with Gasteiger partial charge in [-0.3, -0.25) is 0 Å². The van der Waals surface area contributed by atoms with Crippen molar-refractivity contribution >= 4 is 96.2 Å². The highest BCUT2D eigenvalue weighted by Gasteiger charge is 2.18. The molecule has 6 aromatic rings. The predicted octanol–water partition coefficient (Wildman–Crippen LogP) is 8.85. The summed E-state index contributed by atoms with van der Waals surface area (Å²) in [5, 5.41) is 13.8. The molecule has 0 radical (unpaired) electrons. The van der Waals surface area contributed by atoms with E-state index in [0.29, 0.717) is 0 Å². The summed E-state index contributed by atoms with van der Waals surface area (Å²) in [7, 11) is 0. The molecule has 0 amide bonds. The lowest BCUT2D eigenvalue weighted by Gasteiger charge is -1.93. The third-order valence-electron chi connectivity index (χ3n) is 4.22. The van der Waals surface area contributed by atoms with Crippen LogP contribution in [0.25, 0.3) is 50.5 Å². The molecule has 0 unspecified atom stereocenters. The molecule has 0 saturated carbocycles. The molecule has 6 heteroatoms. The van der Waals surface area contributed by atoms with Crippen molar-refractivity contribution in [2.75, 3.05) is 0 Å².